The quantitative estimate of drug-likeness (QED) is 0.351. The van der Waals surface area contributed by atoms with Crippen molar-refractivity contribution < 1.29 is 0 Å². The Morgan fingerprint density at radius 2 is 2.18 bits per heavy atom. The SMILES string of the molecule is CCCCCNC(=S)N/N=C\c1ccncc1. The Morgan fingerprint density at radius 1 is 1.41 bits per heavy atom. The van der Waals surface area contributed by atoms with Gasteiger partial charge in [0.25, 0.3) is 0 Å². The molecule has 0 atom stereocenters. The lowest BCUT2D eigenvalue weighted by atomic mass is 10.2. The summed E-state index contributed by atoms with van der Waals surface area (Å²) in [6, 6.07) is 3.76. The molecular formula is C12H18N4S. The summed E-state index contributed by atoms with van der Waals surface area (Å²) in [6.07, 6.45) is 8.72. The summed E-state index contributed by atoms with van der Waals surface area (Å²) in [7, 11) is 0. The van der Waals surface area contributed by atoms with Crippen molar-refractivity contribution in [2.45, 2.75) is 26.2 Å². The van der Waals surface area contributed by atoms with Crippen LogP contribution in [0.3, 0.4) is 0 Å². The first-order valence-corrected chi connectivity index (χ1v) is 6.20. The molecule has 2 N–H and O–H groups in total. The number of unbranched alkanes of at least 4 members (excludes halogenated alkanes) is 2. The van der Waals surface area contributed by atoms with Crippen molar-refractivity contribution in [1.29, 1.82) is 0 Å². The van der Waals surface area contributed by atoms with Crippen LogP contribution in [-0.2, 0) is 0 Å². The number of hydrazone groups is 1. The molecule has 0 aliphatic heterocycles. The van der Waals surface area contributed by atoms with Gasteiger partial charge in [-0.25, -0.2) is 0 Å². The van der Waals surface area contributed by atoms with E-state index in [-0.39, 0.29) is 0 Å². The van der Waals surface area contributed by atoms with Crippen LogP contribution in [-0.4, -0.2) is 22.9 Å². The van der Waals surface area contributed by atoms with Gasteiger partial charge in [-0.05, 0) is 36.3 Å². The summed E-state index contributed by atoms with van der Waals surface area (Å²) in [6.45, 7) is 3.07. The maximum absolute atomic E-state index is 5.07. The maximum Gasteiger partial charge on any atom is 0.186 e. The normalized spacial score (nSPS) is 10.4. The van der Waals surface area contributed by atoms with Crippen molar-refractivity contribution in [2.75, 3.05) is 6.54 Å². The van der Waals surface area contributed by atoms with Crippen LogP contribution in [0, 0.1) is 0 Å². The molecule has 0 unspecified atom stereocenters. The fraction of sp³-hybridized carbons (Fsp3) is 0.417. The average Bonchev–Trinajstić information content (AvgIpc) is 2.36. The van der Waals surface area contributed by atoms with Crippen molar-refractivity contribution in [2.24, 2.45) is 5.10 Å². The summed E-state index contributed by atoms with van der Waals surface area (Å²) in [5.41, 5.74) is 3.76. The van der Waals surface area contributed by atoms with Gasteiger partial charge >= 0.3 is 0 Å². The van der Waals surface area contributed by atoms with Crippen LogP contribution in [0.4, 0.5) is 0 Å². The minimum atomic E-state index is 0.561. The molecule has 4 nitrogen and oxygen atoms in total. The molecule has 0 radical (unpaired) electrons. The van der Waals surface area contributed by atoms with E-state index in [1.54, 1.807) is 18.6 Å². The molecule has 17 heavy (non-hydrogen) atoms. The van der Waals surface area contributed by atoms with E-state index in [0.717, 1.165) is 18.5 Å². The number of aromatic nitrogens is 1. The molecule has 0 bridgehead atoms. The second kappa shape index (κ2) is 8.64. The smallest absolute Gasteiger partial charge is 0.186 e. The van der Waals surface area contributed by atoms with E-state index >= 15 is 0 Å². The van der Waals surface area contributed by atoms with Gasteiger partial charge in [-0.1, -0.05) is 19.8 Å². The monoisotopic (exact) mass is 250 g/mol. The van der Waals surface area contributed by atoms with Gasteiger partial charge in [-0.15, -0.1) is 0 Å². The zero-order valence-electron chi connectivity index (χ0n) is 10.0. The Hall–Kier alpha value is -1.49. The molecule has 1 aromatic heterocycles. The topological polar surface area (TPSA) is 49.3 Å². The molecule has 0 saturated heterocycles. The predicted molar refractivity (Wildman–Crippen MR) is 75.1 cm³/mol. The number of pyridine rings is 1. The van der Waals surface area contributed by atoms with E-state index < -0.39 is 0 Å². The third-order valence-electron chi connectivity index (χ3n) is 2.15. The summed E-state index contributed by atoms with van der Waals surface area (Å²) in [5.74, 6) is 0. The fourth-order valence-electron chi connectivity index (χ4n) is 1.23. The standard InChI is InChI=1S/C12H18N4S/c1-2-3-4-7-14-12(17)16-15-10-11-5-8-13-9-6-11/h5-6,8-10H,2-4,7H2,1H3,(H2,14,16,17)/b15-10-. The molecule has 0 aromatic carbocycles. The van der Waals surface area contributed by atoms with Crippen LogP contribution in [0.15, 0.2) is 29.6 Å². The first-order chi connectivity index (χ1) is 8.33. The lowest BCUT2D eigenvalue weighted by Crippen LogP contribution is -2.32. The molecule has 0 spiro atoms. The molecule has 1 aromatic rings. The number of rotatable bonds is 6. The second-order valence-corrected chi connectivity index (χ2v) is 4.02. The summed E-state index contributed by atoms with van der Waals surface area (Å²) < 4.78 is 0. The summed E-state index contributed by atoms with van der Waals surface area (Å²) >= 11 is 5.07. The molecule has 0 aliphatic carbocycles. The number of nitrogens with one attached hydrogen (secondary N) is 2. The predicted octanol–water partition coefficient (Wildman–Crippen LogP) is 2.07. The van der Waals surface area contributed by atoms with Crippen LogP contribution >= 0.6 is 12.2 Å². The van der Waals surface area contributed by atoms with Gasteiger partial charge in [0.1, 0.15) is 0 Å². The summed E-state index contributed by atoms with van der Waals surface area (Å²) in [5, 5.41) is 7.69. The molecule has 0 fully saturated rings. The van der Waals surface area contributed by atoms with Gasteiger partial charge in [0.05, 0.1) is 6.21 Å². The van der Waals surface area contributed by atoms with E-state index in [2.05, 4.69) is 27.8 Å². The number of hydrogen-bond acceptors (Lipinski definition) is 3. The fourth-order valence-corrected chi connectivity index (χ4v) is 1.39. The Labute approximate surface area is 108 Å². The minimum Gasteiger partial charge on any atom is -0.361 e. The average molecular weight is 250 g/mol. The van der Waals surface area contributed by atoms with Gasteiger partial charge < -0.3 is 5.32 Å². The van der Waals surface area contributed by atoms with Gasteiger partial charge in [0, 0.05) is 18.9 Å². The molecular weight excluding hydrogens is 232 g/mol. The molecule has 1 rings (SSSR count). The van der Waals surface area contributed by atoms with E-state index in [1.165, 1.54) is 12.8 Å². The van der Waals surface area contributed by atoms with Crippen molar-refractivity contribution in [3.05, 3.63) is 30.1 Å². The highest BCUT2D eigenvalue weighted by Gasteiger charge is 1.91. The van der Waals surface area contributed by atoms with Crippen LogP contribution in [0.1, 0.15) is 31.7 Å². The van der Waals surface area contributed by atoms with E-state index in [9.17, 15) is 0 Å². The second-order valence-electron chi connectivity index (χ2n) is 3.61. The molecule has 0 saturated carbocycles. The molecule has 0 amide bonds. The lowest BCUT2D eigenvalue weighted by Gasteiger charge is -2.05. The van der Waals surface area contributed by atoms with Gasteiger partial charge in [0.2, 0.25) is 0 Å². The van der Waals surface area contributed by atoms with Gasteiger partial charge in [-0.3, -0.25) is 10.4 Å². The first-order valence-electron chi connectivity index (χ1n) is 5.80. The third kappa shape index (κ3) is 6.63. The van der Waals surface area contributed by atoms with E-state index in [0.29, 0.717) is 5.11 Å². The number of nitrogens with zero attached hydrogens (tertiary/aromatic N) is 2. The number of hydrogen-bond donors (Lipinski definition) is 2. The maximum atomic E-state index is 5.07. The van der Waals surface area contributed by atoms with Crippen LogP contribution < -0.4 is 10.7 Å². The molecule has 5 heteroatoms. The Bertz CT molecular complexity index is 351. The van der Waals surface area contributed by atoms with Crippen molar-refractivity contribution in [1.82, 2.24) is 15.7 Å². The highest BCUT2D eigenvalue weighted by atomic mass is 32.1. The highest BCUT2D eigenvalue weighted by Crippen LogP contribution is 1.91. The Balaban J connectivity index is 2.17. The van der Waals surface area contributed by atoms with Crippen molar-refractivity contribution in [3.63, 3.8) is 0 Å². The lowest BCUT2D eigenvalue weighted by molar-refractivity contribution is 0.691. The minimum absolute atomic E-state index is 0.561. The zero-order valence-corrected chi connectivity index (χ0v) is 10.8. The first kappa shape index (κ1) is 13.6. The van der Waals surface area contributed by atoms with Crippen LogP contribution in [0.2, 0.25) is 0 Å². The van der Waals surface area contributed by atoms with E-state index in [1.807, 2.05) is 12.1 Å². The summed E-state index contributed by atoms with van der Waals surface area (Å²) in [4.78, 5) is 3.93. The highest BCUT2D eigenvalue weighted by molar-refractivity contribution is 7.80. The van der Waals surface area contributed by atoms with Crippen molar-refractivity contribution >= 4 is 23.5 Å². The number of thiocarbonyl (C=S) groups is 1. The molecule has 0 aliphatic rings. The van der Waals surface area contributed by atoms with Crippen LogP contribution in [0.5, 0.6) is 0 Å². The van der Waals surface area contributed by atoms with Crippen molar-refractivity contribution in [3.8, 4) is 0 Å². The molecule has 1 heterocycles. The molecule has 92 valence electrons. The Kier molecular flexibility index (Phi) is 6.90. The largest absolute Gasteiger partial charge is 0.361 e. The zero-order chi connectivity index (χ0) is 12.3. The van der Waals surface area contributed by atoms with Crippen LogP contribution in [0.25, 0.3) is 0 Å². The van der Waals surface area contributed by atoms with E-state index in [4.69, 9.17) is 12.2 Å². The Morgan fingerprint density at radius 3 is 2.88 bits per heavy atom. The van der Waals surface area contributed by atoms with Gasteiger partial charge in [-0.2, -0.15) is 5.10 Å². The third-order valence-corrected chi connectivity index (χ3v) is 2.39. The van der Waals surface area contributed by atoms with Gasteiger partial charge in [0.15, 0.2) is 5.11 Å².